The number of carbonyl (C=O) groups excluding carboxylic acids is 3. The second-order valence-electron chi connectivity index (χ2n) is 7.80. The zero-order valence-electron chi connectivity index (χ0n) is 20.0. The van der Waals surface area contributed by atoms with Gasteiger partial charge in [-0.25, -0.2) is 4.79 Å². The van der Waals surface area contributed by atoms with E-state index in [9.17, 15) is 14.4 Å². The second kappa shape index (κ2) is 12.1. The van der Waals surface area contributed by atoms with Gasteiger partial charge in [-0.15, -0.1) is 0 Å². The van der Waals surface area contributed by atoms with Crippen LogP contribution in [0.1, 0.15) is 19.8 Å². The van der Waals surface area contributed by atoms with Gasteiger partial charge in [-0.1, -0.05) is 0 Å². The number of amides is 4. The molecule has 1 aliphatic carbocycles. The maximum atomic E-state index is 12.5. The summed E-state index contributed by atoms with van der Waals surface area (Å²) in [5, 5.41) is 10.5. The van der Waals surface area contributed by atoms with E-state index in [2.05, 4.69) is 15.7 Å². The van der Waals surface area contributed by atoms with E-state index in [-0.39, 0.29) is 18.8 Å². The number of rotatable bonds is 12. The molecule has 4 amide bonds. The van der Waals surface area contributed by atoms with Crippen LogP contribution in [0.3, 0.4) is 0 Å². The van der Waals surface area contributed by atoms with Gasteiger partial charge in [0.2, 0.25) is 0 Å². The molecule has 0 saturated carbocycles. The number of nitrogens with zero attached hydrogens (tertiary/aromatic N) is 2. The number of methoxy groups -OCH3 is 1. The molecule has 0 atom stereocenters. The van der Waals surface area contributed by atoms with Gasteiger partial charge in [-0.2, -0.15) is 5.10 Å². The van der Waals surface area contributed by atoms with Crippen LogP contribution in [0.15, 0.2) is 53.4 Å². The number of carbonyl (C=O) groups is 3. The summed E-state index contributed by atoms with van der Waals surface area (Å²) in [7, 11) is 3.34. The first-order valence-electron chi connectivity index (χ1n) is 11.2. The molecule has 1 aromatic carbocycles. The summed E-state index contributed by atoms with van der Waals surface area (Å²) in [4.78, 5) is 36.5. The van der Waals surface area contributed by atoms with Crippen molar-refractivity contribution in [3.05, 3.63) is 48.3 Å². The Labute approximate surface area is 203 Å². The van der Waals surface area contributed by atoms with Crippen molar-refractivity contribution in [3.63, 3.8) is 0 Å². The molecule has 0 aromatic heterocycles. The number of hydrogen-bond acceptors (Lipinski definition) is 9. The minimum atomic E-state index is -1.92. The van der Waals surface area contributed by atoms with Crippen LogP contribution in [0.25, 0.3) is 0 Å². The standard InChI is InChI=1S/C24H30N4O7/c1-4-33-16-14-28(2)27-17-5-7-18(8-6-17)34-19-9-11-20(12-10-19)35-24(13-15-32-3)21(29)25-23(31)26-22(24)30/h5,7-12H,4,6,13-16H2,1-3H3,(H2,25,26,29,30,31)/b27-17-. The Balaban J connectivity index is 1.60. The van der Waals surface area contributed by atoms with Gasteiger partial charge < -0.3 is 18.9 Å². The average molecular weight is 487 g/mol. The molecular formula is C24H30N4O7. The van der Waals surface area contributed by atoms with Gasteiger partial charge in [0.25, 0.3) is 17.4 Å². The van der Waals surface area contributed by atoms with Crippen molar-refractivity contribution < 1.29 is 33.3 Å². The predicted octanol–water partition coefficient (Wildman–Crippen LogP) is 1.75. The molecule has 1 aliphatic heterocycles. The number of allylic oxidation sites excluding steroid dienone is 3. The van der Waals surface area contributed by atoms with Gasteiger partial charge in [-0.3, -0.25) is 25.2 Å². The number of nitrogens with one attached hydrogen (secondary N) is 2. The van der Waals surface area contributed by atoms with E-state index < -0.39 is 23.4 Å². The van der Waals surface area contributed by atoms with Crippen molar-refractivity contribution in [2.24, 2.45) is 5.10 Å². The van der Waals surface area contributed by atoms with Gasteiger partial charge in [0.15, 0.2) is 0 Å². The molecule has 0 spiro atoms. The Morgan fingerprint density at radius 3 is 2.31 bits per heavy atom. The largest absolute Gasteiger partial charge is 0.467 e. The fourth-order valence-corrected chi connectivity index (χ4v) is 3.35. The molecule has 1 aromatic rings. The SMILES string of the molecule is CCOCCN(C)/N=C1/C=CC(Oc2ccc(OC3(CCOC)C(=O)NC(=O)NC3=O)cc2)=CC1. The molecule has 0 unspecified atom stereocenters. The fourth-order valence-electron chi connectivity index (χ4n) is 3.35. The lowest BCUT2D eigenvalue weighted by atomic mass is 9.95. The van der Waals surface area contributed by atoms with E-state index >= 15 is 0 Å². The highest BCUT2D eigenvalue weighted by Gasteiger charge is 2.52. The molecule has 35 heavy (non-hydrogen) atoms. The maximum absolute atomic E-state index is 12.5. The molecule has 0 bridgehead atoms. The quantitative estimate of drug-likeness (QED) is 0.260. The summed E-state index contributed by atoms with van der Waals surface area (Å²) in [6.07, 6.45) is 6.20. The van der Waals surface area contributed by atoms with Crippen LogP contribution in [0.4, 0.5) is 4.79 Å². The van der Waals surface area contributed by atoms with Crippen molar-refractivity contribution in [2.45, 2.75) is 25.4 Å². The van der Waals surface area contributed by atoms with Crippen LogP contribution in [0.5, 0.6) is 11.5 Å². The van der Waals surface area contributed by atoms with Gasteiger partial charge in [0.05, 0.1) is 25.5 Å². The minimum absolute atomic E-state index is 0.0737. The lowest BCUT2D eigenvalue weighted by molar-refractivity contribution is -0.153. The van der Waals surface area contributed by atoms with Gasteiger partial charge in [0.1, 0.15) is 17.3 Å². The van der Waals surface area contributed by atoms with Crippen LogP contribution in [0, 0.1) is 0 Å². The van der Waals surface area contributed by atoms with E-state index in [0.717, 1.165) is 5.71 Å². The van der Waals surface area contributed by atoms with E-state index in [1.807, 2.05) is 37.2 Å². The number of urea groups is 1. The number of benzene rings is 1. The number of barbiturate groups is 1. The van der Waals surface area contributed by atoms with Gasteiger partial charge >= 0.3 is 6.03 Å². The van der Waals surface area contributed by atoms with E-state index in [1.165, 1.54) is 7.11 Å². The third kappa shape index (κ3) is 6.90. The van der Waals surface area contributed by atoms with E-state index in [1.54, 1.807) is 24.3 Å². The third-order valence-electron chi connectivity index (χ3n) is 5.21. The lowest BCUT2D eigenvalue weighted by Crippen LogP contribution is -2.69. The first-order valence-corrected chi connectivity index (χ1v) is 11.2. The number of hydrazone groups is 1. The molecule has 1 saturated heterocycles. The molecular weight excluding hydrogens is 456 g/mol. The Hall–Kier alpha value is -3.70. The Bertz CT molecular complexity index is 997. The van der Waals surface area contributed by atoms with Gasteiger partial charge in [0, 0.05) is 33.6 Å². The molecule has 11 nitrogen and oxygen atoms in total. The second-order valence-corrected chi connectivity index (χ2v) is 7.80. The number of ether oxygens (including phenoxy) is 4. The zero-order valence-corrected chi connectivity index (χ0v) is 20.0. The van der Waals surface area contributed by atoms with Crippen LogP contribution >= 0.6 is 0 Å². The van der Waals surface area contributed by atoms with Gasteiger partial charge in [-0.05, 0) is 49.4 Å². The summed E-state index contributed by atoms with van der Waals surface area (Å²) >= 11 is 0. The average Bonchev–Trinajstić information content (AvgIpc) is 2.83. The predicted molar refractivity (Wildman–Crippen MR) is 127 cm³/mol. The third-order valence-corrected chi connectivity index (χ3v) is 5.21. The summed E-state index contributed by atoms with van der Waals surface area (Å²) < 4.78 is 22.0. The molecule has 2 N–H and O–H groups in total. The molecule has 3 rings (SSSR count). The first-order chi connectivity index (χ1) is 16.9. The van der Waals surface area contributed by atoms with Crippen molar-refractivity contribution in [3.8, 4) is 11.5 Å². The highest BCUT2D eigenvalue weighted by molar-refractivity contribution is 6.21. The van der Waals surface area contributed by atoms with E-state index in [4.69, 9.17) is 18.9 Å². The molecule has 2 aliphatic rings. The number of hydrogen-bond donors (Lipinski definition) is 2. The maximum Gasteiger partial charge on any atom is 0.328 e. The monoisotopic (exact) mass is 486 g/mol. The van der Waals surface area contributed by atoms with Crippen molar-refractivity contribution >= 4 is 23.6 Å². The zero-order chi connectivity index (χ0) is 25.3. The number of imide groups is 2. The van der Waals surface area contributed by atoms with Crippen LogP contribution in [0.2, 0.25) is 0 Å². The molecule has 1 heterocycles. The minimum Gasteiger partial charge on any atom is -0.467 e. The summed E-state index contributed by atoms with van der Waals surface area (Å²) in [6.45, 7) is 4.04. The molecule has 0 radical (unpaired) electrons. The van der Waals surface area contributed by atoms with Crippen LogP contribution in [-0.4, -0.2) is 74.7 Å². The van der Waals surface area contributed by atoms with Crippen LogP contribution in [-0.2, 0) is 19.1 Å². The molecule has 11 heteroatoms. The topological polar surface area (TPSA) is 128 Å². The van der Waals surface area contributed by atoms with E-state index in [0.29, 0.717) is 37.7 Å². The Kier molecular flexibility index (Phi) is 8.98. The molecule has 1 fully saturated rings. The summed E-state index contributed by atoms with van der Waals surface area (Å²) in [5.41, 5.74) is -1.02. The first kappa shape index (κ1) is 25.9. The fraction of sp³-hybridized carbons (Fsp3) is 0.417. The van der Waals surface area contributed by atoms with Crippen LogP contribution < -0.4 is 20.1 Å². The highest BCUT2D eigenvalue weighted by Crippen LogP contribution is 2.27. The van der Waals surface area contributed by atoms with Crippen molar-refractivity contribution in [1.29, 1.82) is 0 Å². The molecule has 188 valence electrons. The number of likely N-dealkylation sites (N-methyl/N-ethyl adjacent to an activating group) is 1. The Morgan fingerprint density at radius 2 is 1.71 bits per heavy atom. The van der Waals surface area contributed by atoms with Crippen molar-refractivity contribution in [1.82, 2.24) is 15.6 Å². The lowest BCUT2D eigenvalue weighted by Gasteiger charge is -2.34. The Morgan fingerprint density at radius 1 is 1.03 bits per heavy atom. The summed E-state index contributed by atoms with van der Waals surface area (Å²) in [5.74, 6) is -0.230. The highest BCUT2D eigenvalue weighted by atomic mass is 16.5. The summed E-state index contributed by atoms with van der Waals surface area (Å²) in [6, 6.07) is 5.58. The van der Waals surface area contributed by atoms with Crippen molar-refractivity contribution in [2.75, 3.05) is 40.5 Å². The normalized spacial score (nSPS) is 18.1. The smallest absolute Gasteiger partial charge is 0.328 e.